The third kappa shape index (κ3) is 6.27. The van der Waals surface area contributed by atoms with Crippen LogP contribution in [-0.4, -0.2) is 37.8 Å². The monoisotopic (exact) mass is 666 g/mol. The summed E-state index contributed by atoms with van der Waals surface area (Å²) in [5, 5.41) is 21.8. The molecule has 2 aliphatic rings. The number of anilines is 2. The Labute approximate surface area is 263 Å². The molecule has 244 valence electrons. The minimum atomic E-state index is -5.00. The van der Waals surface area contributed by atoms with Crippen LogP contribution in [0.4, 0.5) is 38.0 Å². The van der Waals surface area contributed by atoms with Crippen LogP contribution in [0.25, 0.3) is 0 Å². The quantitative estimate of drug-likeness (QED) is 0.213. The molecule has 9 nitrogen and oxygen atoms in total. The van der Waals surface area contributed by atoms with Crippen molar-refractivity contribution in [2.45, 2.75) is 64.5 Å². The molecule has 1 atom stereocenters. The standard InChI is InChI=1S/C30H28F6N6O3S/c1-16-23-15-45-14-18(23)10-22-24(4-3-7-41(26(16)22)13-21-5-6-25(46-21)27(43)44)42(28-37-39-40(2)38-28)12-17-8-19(29(31,32)33)11-20(9-17)30(34,35)36/h5-6,8-11,24H,3-4,7,12-15H2,1-2H3,(H,43,44). The number of hydrogen-bond acceptors (Lipinski definition) is 8. The van der Waals surface area contributed by atoms with Crippen molar-refractivity contribution >= 4 is 28.9 Å². The maximum Gasteiger partial charge on any atom is 0.416 e. The molecular weight excluding hydrogens is 638 g/mol. The van der Waals surface area contributed by atoms with Crippen LogP contribution in [0, 0.1) is 6.92 Å². The molecule has 2 aliphatic heterocycles. The van der Waals surface area contributed by atoms with Gasteiger partial charge in [0.15, 0.2) is 0 Å². The molecule has 0 aliphatic carbocycles. The molecule has 4 heterocycles. The lowest BCUT2D eigenvalue weighted by Gasteiger charge is -2.34. The molecule has 6 rings (SSSR count). The van der Waals surface area contributed by atoms with Crippen molar-refractivity contribution in [2.24, 2.45) is 7.05 Å². The van der Waals surface area contributed by atoms with Gasteiger partial charge in [0.1, 0.15) is 4.88 Å². The Kier molecular flexibility index (Phi) is 8.21. The van der Waals surface area contributed by atoms with Crippen LogP contribution in [0.1, 0.15) is 72.4 Å². The minimum absolute atomic E-state index is 0.0524. The number of halogens is 6. The summed E-state index contributed by atoms with van der Waals surface area (Å²) in [6, 6.07) is 6.31. The van der Waals surface area contributed by atoms with E-state index >= 15 is 0 Å². The number of benzene rings is 2. The molecule has 0 saturated heterocycles. The maximum absolute atomic E-state index is 13.8. The lowest BCUT2D eigenvalue weighted by atomic mass is 9.91. The molecule has 2 aromatic heterocycles. The fourth-order valence-electron chi connectivity index (χ4n) is 6.22. The van der Waals surface area contributed by atoms with Crippen molar-refractivity contribution in [3.8, 4) is 0 Å². The zero-order chi connectivity index (χ0) is 33.0. The molecule has 0 bridgehead atoms. The summed E-state index contributed by atoms with van der Waals surface area (Å²) < 4.78 is 88.4. The number of ether oxygens (including phenoxy) is 1. The molecule has 0 radical (unpaired) electrons. The normalized spacial score (nSPS) is 16.7. The van der Waals surface area contributed by atoms with Gasteiger partial charge in [0.2, 0.25) is 0 Å². The number of carboxylic acids is 1. The molecule has 2 aromatic carbocycles. The minimum Gasteiger partial charge on any atom is -0.477 e. The zero-order valence-electron chi connectivity index (χ0n) is 24.6. The van der Waals surface area contributed by atoms with Crippen LogP contribution < -0.4 is 9.80 Å². The smallest absolute Gasteiger partial charge is 0.416 e. The van der Waals surface area contributed by atoms with Gasteiger partial charge >= 0.3 is 18.3 Å². The number of nitrogens with zero attached hydrogens (tertiary/aromatic N) is 6. The lowest BCUT2D eigenvalue weighted by Crippen LogP contribution is -2.30. The number of hydrogen-bond donors (Lipinski definition) is 1. The van der Waals surface area contributed by atoms with E-state index in [1.165, 1.54) is 23.2 Å². The van der Waals surface area contributed by atoms with Gasteiger partial charge in [-0.1, -0.05) is 5.10 Å². The van der Waals surface area contributed by atoms with Crippen molar-refractivity contribution in [3.63, 3.8) is 0 Å². The molecule has 0 spiro atoms. The van der Waals surface area contributed by atoms with Crippen molar-refractivity contribution in [2.75, 3.05) is 16.3 Å². The molecule has 0 fully saturated rings. The average Bonchev–Trinajstić information content (AvgIpc) is 3.72. The van der Waals surface area contributed by atoms with Gasteiger partial charge in [0.25, 0.3) is 5.95 Å². The highest BCUT2D eigenvalue weighted by atomic mass is 32.1. The van der Waals surface area contributed by atoms with E-state index in [1.807, 2.05) is 13.0 Å². The number of carboxylic acid groups (broad SMARTS) is 1. The summed E-state index contributed by atoms with van der Waals surface area (Å²) in [5.74, 6) is -0.967. The summed E-state index contributed by atoms with van der Waals surface area (Å²) in [6.45, 7) is 3.33. The van der Waals surface area contributed by atoms with Crippen LogP contribution in [-0.2, 0) is 50.4 Å². The van der Waals surface area contributed by atoms with Gasteiger partial charge < -0.3 is 19.6 Å². The Bertz CT molecular complexity index is 1750. The van der Waals surface area contributed by atoms with Gasteiger partial charge in [-0.25, -0.2) is 4.79 Å². The highest BCUT2D eigenvalue weighted by Gasteiger charge is 2.38. The highest BCUT2D eigenvalue weighted by Crippen LogP contribution is 2.45. The van der Waals surface area contributed by atoms with E-state index in [-0.39, 0.29) is 29.0 Å². The largest absolute Gasteiger partial charge is 0.477 e. The first-order chi connectivity index (χ1) is 21.7. The SMILES string of the molecule is Cc1c2c(cc3c1N(Cc1ccc(C(=O)O)s1)CCCC3N(Cc1cc(C(F)(F)F)cc(C(F)(F)F)c1)c1nnn(C)n1)COC2. The van der Waals surface area contributed by atoms with Gasteiger partial charge in [-0.15, -0.1) is 16.4 Å². The molecule has 16 heteroatoms. The van der Waals surface area contributed by atoms with Gasteiger partial charge in [-0.05, 0) is 89.2 Å². The number of rotatable bonds is 7. The van der Waals surface area contributed by atoms with E-state index < -0.39 is 35.5 Å². The van der Waals surface area contributed by atoms with Crippen LogP contribution in [0.2, 0.25) is 0 Å². The van der Waals surface area contributed by atoms with E-state index in [4.69, 9.17) is 4.74 Å². The molecule has 0 amide bonds. The maximum atomic E-state index is 13.8. The fourth-order valence-corrected chi connectivity index (χ4v) is 7.08. The summed E-state index contributed by atoms with van der Waals surface area (Å²) in [6.07, 6.45) is -8.93. The summed E-state index contributed by atoms with van der Waals surface area (Å²) in [5.41, 5.74) is 1.53. The molecule has 1 N–H and O–H groups in total. The van der Waals surface area contributed by atoms with Gasteiger partial charge in [0.05, 0.1) is 44.0 Å². The number of aromatic nitrogens is 4. The van der Waals surface area contributed by atoms with Crippen LogP contribution >= 0.6 is 11.3 Å². The molecule has 1 unspecified atom stereocenters. The third-order valence-electron chi connectivity index (χ3n) is 8.23. The van der Waals surface area contributed by atoms with Crippen LogP contribution in [0.15, 0.2) is 36.4 Å². The van der Waals surface area contributed by atoms with E-state index in [0.29, 0.717) is 39.1 Å². The van der Waals surface area contributed by atoms with E-state index in [1.54, 1.807) is 17.0 Å². The lowest BCUT2D eigenvalue weighted by molar-refractivity contribution is -0.143. The Morgan fingerprint density at radius 3 is 2.41 bits per heavy atom. The number of fused-ring (bicyclic) bond motifs is 2. The van der Waals surface area contributed by atoms with Crippen LogP contribution in [0.5, 0.6) is 0 Å². The zero-order valence-corrected chi connectivity index (χ0v) is 25.4. The Morgan fingerprint density at radius 1 is 1.09 bits per heavy atom. The van der Waals surface area contributed by atoms with E-state index in [0.717, 1.165) is 45.0 Å². The number of carbonyl (C=O) groups is 1. The Hall–Kier alpha value is -4.18. The first kappa shape index (κ1) is 31.8. The van der Waals surface area contributed by atoms with E-state index in [2.05, 4.69) is 20.3 Å². The molecule has 0 saturated carbocycles. The van der Waals surface area contributed by atoms with Gasteiger partial charge in [-0.2, -0.15) is 31.1 Å². The third-order valence-corrected chi connectivity index (χ3v) is 9.29. The Morgan fingerprint density at radius 2 is 1.80 bits per heavy atom. The topological polar surface area (TPSA) is 96.6 Å². The molecular formula is C30H28F6N6O3S. The second kappa shape index (κ2) is 11.9. The second-order valence-electron chi connectivity index (χ2n) is 11.3. The summed E-state index contributed by atoms with van der Waals surface area (Å²) in [4.78, 5) is 17.5. The predicted molar refractivity (Wildman–Crippen MR) is 155 cm³/mol. The van der Waals surface area contributed by atoms with Gasteiger partial charge in [0, 0.05) is 23.7 Å². The van der Waals surface area contributed by atoms with Crippen molar-refractivity contribution in [1.29, 1.82) is 0 Å². The van der Waals surface area contributed by atoms with Gasteiger partial charge in [-0.3, -0.25) is 0 Å². The number of thiophene rings is 1. The number of alkyl halides is 6. The fraction of sp³-hybridized carbons (Fsp3) is 0.400. The number of tetrazole rings is 1. The van der Waals surface area contributed by atoms with Crippen molar-refractivity contribution in [3.05, 3.63) is 85.1 Å². The number of aromatic carboxylic acids is 1. The van der Waals surface area contributed by atoms with Crippen molar-refractivity contribution < 1.29 is 41.0 Å². The first-order valence-electron chi connectivity index (χ1n) is 14.3. The van der Waals surface area contributed by atoms with E-state index in [9.17, 15) is 36.2 Å². The van der Waals surface area contributed by atoms with Crippen molar-refractivity contribution in [1.82, 2.24) is 20.2 Å². The summed E-state index contributed by atoms with van der Waals surface area (Å²) >= 11 is 1.17. The Balaban J connectivity index is 1.48. The number of aryl methyl sites for hydroxylation is 1. The van der Waals surface area contributed by atoms with Crippen LogP contribution in [0.3, 0.4) is 0 Å². The molecule has 46 heavy (non-hydrogen) atoms. The second-order valence-corrected chi connectivity index (χ2v) is 12.5. The first-order valence-corrected chi connectivity index (χ1v) is 15.1. The molecule has 4 aromatic rings. The average molecular weight is 667 g/mol. The summed E-state index contributed by atoms with van der Waals surface area (Å²) in [7, 11) is 1.52. The highest BCUT2D eigenvalue weighted by molar-refractivity contribution is 7.13. The predicted octanol–water partition coefficient (Wildman–Crippen LogP) is 6.89.